The number of nitrogens with one attached hydrogen (secondary N) is 1. The number of nitrogens with zero attached hydrogens (tertiary/aromatic N) is 6. The van der Waals surface area contributed by atoms with Gasteiger partial charge in [0, 0.05) is 30.6 Å². The second kappa shape index (κ2) is 11.2. The molecule has 0 radical (unpaired) electrons. The van der Waals surface area contributed by atoms with Gasteiger partial charge in [0.1, 0.15) is 5.82 Å². The van der Waals surface area contributed by atoms with Crippen molar-refractivity contribution in [3.63, 3.8) is 0 Å². The van der Waals surface area contributed by atoms with Gasteiger partial charge in [0.15, 0.2) is 5.82 Å². The molecule has 0 atom stereocenters. The lowest BCUT2D eigenvalue weighted by Gasteiger charge is -2.16. The molecule has 0 unspecified atom stereocenters. The summed E-state index contributed by atoms with van der Waals surface area (Å²) in [6.07, 6.45) is 7.03. The summed E-state index contributed by atoms with van der Waals surface area (Å²) in [6, 6.07) is 10.2. The van der Waals surface area contributed by atoms with Crippen molar-refractivity contribution in [3.05, 3.63) is 82.3 Å². The number of aromatic nitrogens is 6. The van der Waals surface area contributed by atoms with Crippen LogP contribution < -0.4 is 16.6 Å². The van der Waals surface area contributed by atoms with Crippen LogP contribution in [0.25, 0.3) is 27.8 Å². The number of halogens is 1. The van der Waals surface area contributed by atoms with E-state index in [0.717, 1.165) is 18.4 Å². The molecule has 1 saturated carbocycles. The molecule has 6 rings (SSSR count). The lowest BCUT2D eigenvalue weighted by atomic mass is 10.0. The Bertz CT molecular complexity index is 1970. The summed E-state index contributed by atoms with van der Waals surface area (Å²) in [5.41, 5.74) is 8.25. The number of fused-ring (bicyclic) bond motifs is 1. The van der Waals surface area contributed by atoms with Crippen LogP contribution in [0.5, 0.6) is 0 Å². The molecule has 1 fully saturated rings. The minimum Gasteiger partial charge on any atom is -0.392 e. The maximum absolute atomic E-state index is 15.1. The van der Waals surface area contributed by atoms with Crippen LogP contribution in [0, 0.1) is 5.82 Å². The van der Waals surface area contributed by atoms with Gasteiger partial charge in [-0.3, -0.25) is 23.1 Å². The molecule has 0 saturated heterocycles. The Kier molecular flexibility index (Phi) is 7.70. The van der Waals surface area contributed by atoms with Gasteiger partial charge in [0.05, 0.1) is 29.6 Å². The van der Waals surface area contributed by atoms with E-state index < -0.39 is 28.4 Å². The van der Waals surface area contributed by atoms with Crippen molar-refractivity contribution in [1.82, 2.24) is 29.3 Å². The summed E-state index contributed by atoms with van der Waals surface area (Å²) in [4.78, 5) is 26.3. The first-order chi connectivity index (χ1) is 19.9. The van der Waals surface area contributed by atoms with Crippen molar-refractivity contribution in [2.24, 2.45) is 7.05 Å². The zero-order valence-corrected chi connectivity index (χ0v) is 22.8. The Morgan fingerprint density at radius 2 is 1.88 bits per heavy atom. The van der Waals surface area contributed by atoms with E-state index in [1.165, 1.54) is 10.6 Å². The first kappa shape index (κ1) is 28.7. The molecule has 2 aromatic carbocycles. The van der Waals surface area contributed by atoms with Gasteiger partial charge in [-0.1, -0.05) is 18.2 Å². The number of pyridine rings is 1. The maximum atomic E-state index is 15.1. The Morgan fingerprint density at radius 3 is 2.52 bits per heavy atom. The third kappa shape index (κ3) is 6.41. The Morgan fingerprint density at radius 1 is 1.14 bits per heavy atom. The van der Waals surface area contributed by atoms with E-state index in [4.69, 9.17) is 23.3 Å². The Balaban J connectivity index is 0.000000652. The fraction of sp³-hybridized carbons (Fsp3) is 0.192. The predicted octanol–water partition coefficient (Wildman–Crippen LogP) is 2.76. The second-order valence-corrected chi connectivity index (χ2v) is 10.4. The molecule has 218 valence electrons. The Labute approximate surface area is 237 Å². The predicted molar refractivity (Wildman–Crippen MR) is 151 cm³/mol. The van der Waals surface area contributed by atoms with E-state index in [1.54, 1.807) is 54.6 Å². The van der Waals surface area contributed by atoms with Gasteiger partial charge in [-0.2, -0.15) is 28.5 Å². The second-order valence-electron chi connectivity index (χ2n) is 9.51. The fourth-order valence-electron chi connectivity index (χ4n) is 4.55. The van der Waals surface area contributed by atoms with E-state index in [2.05, 4.69) is 25.4 Å². The number of rotatable bonds is 6. The largest absolute Gasteiger partial charge is 0.394 e. The number of anilines is 3. The van der Waals surface area contributed by atoms with E-state index in [0.29, 0.717) is 33.8 Å². The molecule has 0 spiro atoms. The highest BCUT2D eigenvalue weighted by molar-refractivity contribution is 7.79. The van der Waals surface area contributed by atoms with Gasteiger partial charge >= 0.3 is 10.4 Å². The quantitative estimate of drug-likeness (QED) is 0.179. The number of aliphatic hydroxyl groups is 1. The fourth-order valence-corrected chi connectivity index (χ4v) is 4.55. The monoisotopic (exact) mass is 596 g/mol. The number of hydrogen-bond acceptors (Lipinski definition) is 10. The third-order valence-corrected chi connectivity index (χ3v) is 6.45. The molecule has 1 aliphatic rings. The van der Waals surface area contributed by atoms with Crippen molar-refractivity contribution in [2.45, 2.75) is 25.4 Å². The van der Waals surface area contributed by atoms with E-state index in [-0.39, 0.29) is 23.1 Å². The van der Waals surface area contributed by atoms with Gasteiger partial charge in [-0.15, -0.1) is 0 Å². The number of nitrogens with two attached hydrogens (primary N) is 1. The van der Waals surface area contributed by atoms with Gasteiger partial charge in [-0.05, 0) is 47.9 Å². The number of aliphatic hydroxyl groups excluding tert-OH is 1. The summed E-state index contributed by atoms with van der Waals surface area (Å²) < 4.78 is 49.6. The highest BCUT2D eigenvalue weighted by atomic mass is 32.3. The van der Waals surface area contributed by atoms with E-state index in [1.807, 2.05) is 6.07 Å². The molecule has 6 N–H and O–H groups in total. The molecular formula is C26H25FN8O6S. The standard InChI is InChI=1S/C26H23FN8O2.H2O4S/c1-34-12-17(11-29-34)30-26-32-23(31-25(28)33-26)18-3-2-4-21(19(18)13-36)35-8-7-15-9-16(14-5-6-14)10-20(27)22(15)24(35)37;1-5(2,3)4/h2-4,7-12,14,36H,5-6,13H2,1H3,(H3,28,30,31,32,33);(H2,1,2,3,4). The average molecular weight is 597 g/mol. The minimum atomic E-state index is -4.67. The first-order valence-corrected chi connectivity index (χ1v) is 13.9. The van der Waals surface area contributed by atoms with Gasteiger partial charge < -0.3 is 16.2 Å². The molecule has 1 aliphatic carbocycles. The van der Waals surface area contributed by atoms with Crippen LogP contribution in [0.2, 0.25) is 0 Å². The summed E-state index contributed by atoms with van der Waals surface area (Å²) in [7, 11) is -2.88. The molecule has 3 aromatic heterocycles. The van der Waals surface area contributed by atoms with Crippen molar-refractivity contribution < 1.29 is 27.0 Å². The van der Waals surface area contributed by atoms with Crippen molar-refractivity contribution >= 4 is 38.8 Å². The van der Waals surface area contributed by atoms with Crippen LogP contribution in [0.3, 0.4) is 0 Å². The molecule has 16 heteroatoms. The van der Waals surface area contributed by atoms with Crippen LogP contribution in [-0.2, 0) is 24.1 Å². The lowest BCUT2D eigenvalue weighted by Crippen LogP contribution is -2.20. The summed E-state index contributed by atoms with van der Waals surface area (Å²) >= 11 is 0. The van der Waals surface area contributed by atoms with Crippen LogP contribution in [0.15, 0.2) is 59.8 Å². The summed E-state index contributed by atoms with van der Waals surface area (Å²) in [5, 5.41) is 18.0. The smallest absolute Gasteiger partial charge is 0.392 e. The molecular weight excluding hydrogens is 571 g/mol. The van der Waals surface area contributed by atoms with E-state index >= 15 is 4.39 Å². The van der Waals surface area contributed by atoms with Crippen LogP contribution in [-0.4, -0.2) is 51.9 Å². The van der Waals surface area contributed by atoms with Gasteiger partial charge in [0.25, 0.3) is 5.56 Å². The third-order valence-electron chi connectivity index (χ3n) is 6.45. The molecule has 0 bridgehead atoms. The van der Waals surface area contributed by atoms with E-state index in [9.17, 15) is 9.90 Å². The average Bonchev–Trinajstić information content (AvgIpc) is 3.69. The van der Waals surface area contributed by atoms with Crippen molar-refractivity contribution in [2.75, 3.05) is 11.1 Å². The molecule has 42 heavy (non-hydrogen) atoms. The van der Waals surface area contributed by atoms with Crippen LogP contribution in [0.4, 0.5) is 22.0 Å². The molecule has 3 heterocycles. The number of hydrogen-bond donors (Lipinski definition) is 5. The van der Waals surface area contributed by atoms with Crippen molar-refractivity contribution in [3.8, 4) is 17.1 Å². The topological polar surface area (TPSA) is 211 Å². The first-order valence-electron chi connectivity index (χ1n) is 12.5. The minimum absolute atomic E-state index is 0.00792. The van der Waals surface area contributed by atoms with Crippen LogP contribution in [0.1, 0.15) is 29.9 Å². The van der Waals surface area contributed by atoms with Gasteiger partial charge in [0.2, 0.25) is 11.9 Å². The molecule has 0 amide bonds. The number of nitrogen functional groups attached to an aromatic ring is 1. The summed E-state index contributed by atoms with van der Waals surface area (Å²) in [6.45, 7) is -0.421. The molecule has 14 nitrogen and oxygen atoms in total. The van der Waals surface area contributed by atoms with Gasteiger partial charge in [-0.25, -0.2) is 4.39 Å². The van der Waals surface area contributed by atoms with Crippen LogP contribution >= 0.6 is 0 Å². The zero-order valence-electron chi connectivity index (χ0n) is 22.0. The SMILES string of the molecule is Cn1cc(Nc2nc(N)nc(-c3cccc(-n4ccc5cc(C6CC6)cc(F)c5c4=O)c3CO)n2)cn1.O=S(=O)(O)O. The highest BCUT2D eigenvalue weighted by Gasteiger charge is 2.25. The Hall–Kier alpha value is -4.77. The maximum Gasteiger partial charge on any atom is 0.394 e. The number of aryl methyl sites for hydroxylation is 1. The lowest BCUT2D eigenvalue weighted by molar-refractivity contribution is 0.282. The molecule has 5 aromatic rings. The number of benzene rings is 2. The summed E-state index contributed by atoms with van der Waals surface area (Å²) in [5.74, 6) is 0.198. The normalized spacial score (nSPS) is 13.1. The van der Waals surface area contributed by atoms with Crippen molar-refractivity contribution in [1.29, 1.82) is 0 Å². The highest BCUT2D eigenvalue weighted by Crippen LogP contribution is 2.41. The molecule has 0 aliphatic heterocycles. The zero-order chi connectivity index (χ0) is 30.2.